The number of ketones is 1. The largest absolute Gasteiger partial charge is 0.378 e. The van der Waals surface area contributed by atoms with Gasteiger partial charge < -0.3 is 14.2 Å². The van der Waals surface area contributed by atoms with Crippen molar-refractivity contribution < 1.29 is 19.0 Å². The topological polar surface area (TPSA) is 44.8 Å². The molecule has 0 spiro atoms. The Morgan fingerprint density at radius 3 is 1.71 bits per heavy atom. The first-order valence-corrected chi connectivity index (χ1v) is 44.5. The minimum atomic E-state index is -1.11. The second-order valence-electron chi connectivity index (χ2n) is 35.4. The highest BCUT2D eigenvalue weighted by Gasteiger charge is 2.68. The predicted octanol–water partition coefficient (Wildman–Crippen LogP) is 22.0. The number of carbonyl (C=O) groups is 1. The van der Waals surface area contributed by atoms with E-state index in [-0.39, 0.29) is 67.6 Å². The molecule has 0 saturated heterocycles. The molecule has 7 heteroatoms. The second-order valence-corrected chi connectivity index (χ2v) is 47.9. The Labute approximate surface area is 521 Å². The molecule has 5 aliphatic rings. The van der Waals surface area contributed by atoms with Crippen LogP contribution in [0.15, 0.2) is 35.9 Å². The van der Waals surface area contributed by atoms with Crippen molar-refractivity contribution in [1.82, 2.24) is 0 Å². The minimum absolute atomic E-state index is 0.0142. The van der Waals surface area contributed by atoms with E-state index in [9.17, 15) is 4.79 Å². The Morgan fingerprint density at radius 2 is 1.20 bits per heavy atom. The Kier molecular flexibility index (Phi) is 26.2. The molecule has 83 heavy (non-hydrogen) atoms. The molecule has 5 aliphatic carbocycles. The van der Waals surface area contributed by atoms with E-state index in [0.717, 1.165) is 56.3 Å². The SMILES string of the molecule is CC(C)C[SiH2]CCCC(CCC[Si](C)(C)CC(C)C)(CCC[Si](C)(C)CC(C)C)c1ccc(C(C)C)cc1.CC(C)OCC1(C)C(OC(C)C)C(OC(C)C)C[C@@]2(C)C1CCC1[C@@H]2CC=C2[C@@H]3CC(C)(C)CC[C@]3(C(=O)C(C)C)CC[C@]21C. The molecule has 4 fully saturated rings. The summed E-state index contributed by atoms with van der Waals surface area (Å²) in [7, 11) is -2.12. The van der Waals surface area contributed by atoms with Crippen LogP contribution in [-0.2, 0) is 24.4 Å². The van der Waals surface area contributed by atoms with Gasteiger partial charge in [-0.1, -0.05) is 227 Å². The fourth-order valence-electron chi connectivity index (χ4n) is 19.7. The van der Waals surface area contributed by atoms with Crippen LogP contribution in [0.3, 0.4) is 0 Å². The molecule has 0 radical (unpaired) electrons. The van der Waals surface area contributed by atoms with Crippen LogP contribution < -0.4 is 0 Å². The van der Waals surface area contributed by atoms with E-state index in [2.05, 4.69) is 202 Å². The van der Waals surface area contributed by atoms with Crippen molar-refractivity contribution in [3.63, 3.8) is 0 Å². The smallest absolute Gasteiger partial charge is 0.142 e. The van der Waals surface area contributed by atoms with Crippen LogP contribution in [0.1, 0.15) is 259 Å². The third-order valence-electron chi connectivity index (χ3n) is 23.2. The van der Waals surface area contributed by atoms with Crippen molar-refractivity contribution >= 4 is 31.5 Å². The van der Waals surface area contributed by atoms with Crippen LogP contribution in [0.4, 0.5) is 0 Å². The highest BCUT2D eigenvalue weighted by Crippen LogP contribution is 2.72. The summed E-state index contributed by atoms with van der Waals surface area (Å²) in [4.78, 5) is 14.1. The molecule has 4 nitrogen and oxygen atoms in total. The molecule has 10 atom stereocenters. The average Bonchev–Trinajstić information content (AvgIpc) is 0.811. The monoisotopic (exact) mass is 1200 g/mol. The molecule has 6 rings (SSSR count). The van der Waals surface area contributed by atoms with Gasteiger partial charge in [0.2, 0.25) is 0 Å². The predicted molar refractivity (Wildman–Crippen MR) is 372 cm³/mol. The Balaban J connectivity index is 0.000000309. The van der Waals surface area contributed by atoms with Gasteiger partial charge in [-0.15, -0.1) is 0 Å². The molecule has 5 unspecified atom stereocenters. The average molecular weight is 1200 g/mol. The number of allylic oxidation sites excluding steroid dienone is 2. The summed E-state index contributed by atoms with van der Waals surface area (Å²) in [5.41, 5.74) is 5.56. The van der Waals surface area contributed by atoms with Gasteiger partial charge in [0.25, 0.3) is 0 Å². The molecule has 0 aliphatic heterocycles. The summed E-state index contributed by atoms with van der Waals surface area (Å²) in [5.74, 6) is 6.03. The Hall–Kier alpha value is -0.839. The van der Waals surface area contributed by atoms with Gasteiger partial charge in [-0.3, -0.25) is 4.79 Å². The molecule has 0 heterocycles. The molecule has 0 amide bonds. The van der Waals surface area contributed by atoms with E-state index < -0.39 is 16.1 Å². The fraction of sp³-hybridized carbons (Fsp3) is 0.882. The van der Waals surface area contributed by atoms with Crippen LogP contribution in [0, 0.1) is 74.4 Å². The molecule has 4 saturated carbocycles. The number of benzene rings is 1. The van der Waals surface area contributed by atoms with Crippen molar-refractivity contribution in [2.75, 3.05) is 6.61 Å². The lowest BCUT2D eigenvalue weighted by Gasteiger charge is -2.68. The normalized spacial score (nSPS) is 30.3. The lowest BCUT2D eigenvalue weighted by Crippen LogP contribution is -2.67. The first-order valence-electron chi connectivity index (χ1n) is 35.7. The number of Topliss-reactive ketones (excluding diaryl/α,β-unsaturated/α-hetero) is 1. The maximum atomic E-state index is 14.1. The maximum Gasteiger partial charge on any atom is 0.142 e. The highest BCUT2D eigenvalue weighted by atomic mass is 28.3. The van der Waals surface area contributed by atoms with E-state index >= 15 is 0 Å². The molecular weight excluding hydrogens is 1060 g/mol. The summed E-state index contributed by atoms with van der Waals surface area (Å²) >= 11 is 0. The first kappa shape index (κ1) is 72.9. The number of hydrogen-bond acceptors (Lipinski definition) is 4. The zero-order valence-corrected chi connectivity index (χ0v) is 63.3. The number of carbonyl (C=O) groups excluding carboxylic acids is 1. The maximum absolute atomic E-state index is 14.1. The van der Waals surface area contributed by atoms with Crippen LogP contribution in [0.5, 0.6) is 0 Å². The summed E-state index contributed by atoms with van der Waals surface area (Å²) in [5, 5.41) is 0. The van der Waals surface area contributed by atoms with E-state index in [4.69, 9.17) is 14.2 Å². The number of fused-ring (bicyclic) bond motifs is 7. The van der Waals surface area contributed by atoms with Gasteiger partial charge >= 0.3 is 0 Å². The fourth-order valence-corrected chi connectivity index (χ4v) is 28.5. The van der Waals surface area contributed by atoms with Crippen molar-refractivity contribution in [3.8, 4) is 0 Å². The highest BCUT2D eigenvalue weighted by molar-refractivity contribution is 6.77. The van der Waals surface area contributed by atoms with Crippen LogP contribution in [0.25, 0.3) is 0 Å². The molecular formula is C76H140O4Si3. The number of hydrogen-bond donors (Lipinski definition) is 0. The molecule has 0 N–H and O–H groups in total. The summed E-state index contributed by atoms with van der Waals surface area (Å²) in [6.07, 6.45) is 22.2. The van der Waals surface area contributed by atoms with Gasteiger partial charge in [-0.05, 0) is 193 Å². The van der Waals surface area contributed by atoms with Gasteiger partial charge in [-0.2, -0.15) is 0 Å². The third-order valence-corrected chi connectivity index (χ3v) is 33.0. The van der Waals surface area contributed by atoms with E-state index in [1.165, 1.54) is 93.6 Å². The minimum Gasteiger partial charge on any atom is -0.378 e. The van der Waals surface area contributed by atoms with Gasteiger partial charge in [-0.25, -0.2) is 0 Å². The van der Waals surface area contributed by atoms with Gasteiger partial charge in [0.1, 0.15) is 5.78 Å². The zero-order chi connectivity index (χ0) is 62.3. The lowest BCUT2D eigenvalue weighted by molar-refractivity contribution is -0.264. The van der Waals surface area contributed by atoms with Crippen molar-refractivity contribution in [2.24, 2.45) is 74.4 Å². The summed E-state index contributed by atoms with van der Waals surface area (Å²) < 4.78 is 20.3. The van der Waals surface area contributed by atoms with E-state index in [1.807, 2.05) is 0 Å². The van der Waals surface area contributed by atoms with E-state index in [1.54, 1.807) is 17.2 Å². The van der Waals surface area contributed by atoms with Crippen LogP contribution in [0.2, 0.25) is 62.5 Å². The Morgan fingerprint density at radius 1 is 0.651 bits per heavy atom. The van der Waals surface area contributed by atoms with Crippen LogP contribution in [-0.4, -0.2) is 68.6 Å². The van der Waals surface area contributed by atoms with Gasteiger partial charge in [0.15, 0.2) is 0 Å². The Bertz CT molecular complexity index is 2140. The van der Waals surface area contributed by atoms with Gasteiger partial charge in [0.05, 0.1) is 37.1 Å². The third kappa shape index (κ3) is 18.4. The van der Waals surface area contributed by atoms with Gasteiger partial charge in [0, 0.05) is 42.4 Å². The molecule has 1 aromatic carbocycles. The van der Waals surface area contributed by atoms with Crippen LogP contribution >= 0.6 is 0 Å². The molecule has 480 valence electrons. The standard InChI is InChI=1S/C41H70O4.C35H70Si3/c1-25(2)35(42)41-20-18-37(9,10)22-32(41)31-15-14-30-29(38(31,11)19-21-41)16-17-34-39(30,12)23-33(44-27(5)6)36(45-28(7)8)40(34,13)24-43-26(3)4;1-29(2)26-36-23-13-20-35(21-14-24-37(9,10)27-30(3)4,22-15-25-38(11,12)28-31(5)6)34-18-16-33(17-19-34)32(7)8/h15,25-30,32-34,36H,14,16-24H2,1-13H3;16-19,29-32H,13-15,20-28,36H2,1-12H3/t29?,30-,32-,33?,34?,36?,38-,39+,40?,41-;/m0./s1. The second kappa shape index (κ2) is 29.9. The van der Waals surface area contributed by atoms with Crippen molar-refractivity contribution in [2.45, 2.75) is 346 Å². The molecule has 1 aromatic rings. The zero-order valence-electron chi connectivity index (χ0n) is 59.9. The number of ether oxygens (including phenoxy) is 3. The molecule has 0 aromatic heterocycles. The van der Waals surface area contributed by atoms with Crippen molar-refractivity contribution in [3.05, 3.63) is 47.0 Å². The quantitative estimate of drug-likeness (QED) is 0.0456. The lowest BCUT2D eigenvalue weighted by atomic mass is 9.37. The molecule has 0 bridgehead atoms. The van der Waals surface area contributed by atoms with Crippen molar-refractivity contribution in [1.29, 1.82) is 0 Å². The van der Waals surface area contributed by atoms with E-state index in [0.29, 0.717) is 52.8 Å². The number of rotatable bonds is 29. The summed E-state index contributed by atoms with van der Waals surface area (Å²) in [6.45, 7) is 60.5. The summed E-state index contributed by atoms with van der Waals surface area (Å²) in [6, 6.07) is 19.1. The first-order chi connectivity index (χ1) is 38.4.